The molecule has 2 heterocycles. The molecule has 0 aromatic carbocycles. The van der Waals surface area contributed by atoms with Crippen LogP contribution in [0.5, 0.6) is 0 Å². The Morgan fingerprint density at radius 3 is 2.83 bits per heavy atom. The largest absolute Gasteiger partial charge is 0.452 e. The highest BCUT2D eigenvalue weighted by molar-refractivity contribution is 6.31. The van der Waals surface area contributed by atoms with E-state index in [1.807, 2.05) is 0 Å². The number of rotatable bonds is 1. The predicted molar refractivity (Wildman–Crippen MR) is 43.6 cm³/mol. The van der Waals surface area contributed by atoms with Gasteiger partial charge in [-0.1, -0.05) is 5.16 Å². The Kier molecular flexibility index (Phi) is 1.55. The van der Waals surface area contributed by atoms with E-state index in [0.717, 1.165) is 0 Å². The molecule has 5 heteroatoms. The van der Waals surface area contributed by atoms with E-state index >= 15 is 0 Å². The van der Waals surface area contributed by atoms with Crippen LogP contribution >= 0.6 is 11.6 Å². The molecule has 62 valence electrons. The second kappa shape index (κ2) is 2.57. The van der Waals surface area contributed by atoms with Crippen LogP contribution in [0.15, 0.2) is 27.3 Å². The van der Waals surface area contributed by atoms with Gasteiger partial charge in [0, 0.05) is 6.07 Å². The third kappa shape index (κ3) is 1.06. The van der Waals surface area contributed by atoms with Gasteiger partial charge in [0.15, 0.2) is 11.6 Å². The predicted octanol–water partition coefficient (Wildman–Crippen LogP) is 2.17. The SMILES string of the molecule is Nc1cc(-c2ccoc2Cl)on1. The molecule has 0 aliphatic carbocycles. The van der Waals surface area contributed by atoms with Crippen LogP contribution in [0, 0.1) is 0 Å². The third-order valence-corrected chi connectivity index (χ3v) is 1.70. The van der Waals surface area contributed by atoms with Crippen molar-refractivity contribution in [1.29, 1.82) is 0 Å². The van der Waals surface area contributed by atoms with Crippen LogP contribution in [-0.2, 0) is 0 Å². The number of nitrogens with two attached hydrogens (primary N) is 1. The van der Waals surface area contributed by atoms with Gasteiger partial charge in [0.25, 0.3) is 0 Å². The van der Waals surface area contributed by atoms with Gasteiger partial charge >= 0.3 is 0 Å². The molecule has 2 rings (SSSR count). The summed E-state index contributed by atoms with van der Waals surface area (Å²) in [6, 6.07) is 3.26. The lowest BCUT2D eigenvalue weighted by molar-refractivity contribution is 0.435. The Labute approximate surface area is 72.9 Å². The first-order chi connectivity index (χ1) is 5.77. The lowest BCUT2D eigenvalue weighted by Crippen LogP contribution is -1.79. The van der Waals surface area contributed by atoms with Crippen molar-refractivity contribution in [3.05, 3.63) is 23.6 Å². The molecule has 4 nitrogen and oxygen atoms in total. The maximum atomic E-state index is 5.69. The molecule has 0 aliphatic heterocycles. The van der Waals surface area contributed by atoms with Crippen LogP contribution in [0.2, 0.25) is 5.22 Å². The Balaban J connectivity index is 2.50. The number of nitrogens with zero attached hydrogens (tertiary/aromatic N) is 1. The van der Waals surface area contributed by atoms with Crippen LogP contribution in [0.1, 0.15) is 0 Å². The molecule has 0 unspecified atom stereocenters. The molecule has 0 bridgehead atoms. The minimum absolute atomic E-state index is 0.270. The maximum absolute atomic E-state index is 5.69. The Bertz CT molecular complexity index is 394. The van der Waals surface area contributed by atoms with Gasteiger partial charge in [0.05, 0.1) is 11.8 Å². The zero-order valence-electron chi connectivity index (χ0n) is 5.95. The van der Waals surface area contributed by atoms with E-state index in [9.17, 15) is 0 Å². The Hall–Kier alpha value is -1.42. The molecule has 0 spiro atoms. The summed E-state index contributed by atoms with van der Waals surface area (Å²) in [7, 11) is 0. The van der Waals surface area contributed by atoms with Gasteiger partial charge in [0.2, 0.25) is 5.22 Å². The van der Waals surface area contributed by atoms with E-state index in [0.29, 0.717) is 17.1 Å². The summed E-state index contributed by atoms with van der Waals surface area (Å²) in [4.78, 5) is 0. The number of hydrogen-bond donors (Lipinski definition) is 1. The van der Waals surface area contributed by atoms with Crippen LogP contribution in [-0.4, -0.2) is 5.16 Å². The minimum Gasteiger partial charge on any atom is -0.452 e. The lowest BCUT2D eigenvalue weighted by Gasteiger charge is -1.86. The molecule has 0 aliphatic rings. The number of furan rings is 1. The van der Waals surface area contributed by atoms with Crippen molar-refractivity contribution in [2.45, 2.75) is 0 Å². The van der Waals surface area contributed by atoms with Crippen molar-refractivity contribution >= 4 is 17.4 Å². The highest BCUT2D eigenvalue weighted by Gasteiger charge is 2.10. The van der Waals surface area contributed by atoms with Gasteiger partial charge in [-0.05, 0) is 17.7 Å². The molecule has 0 saturated carbocycles. The van der Waals surface area contributed by atoms with Crippen molar-refractivity contribution in [2.24, 2.45) is 0 Å². The third-order valence-electron chi connectivity index (χ3n) is 1.41. The van der Waals surface area contributed by atoms with Crippen LogP contribution in [0.25, 0.3) is 11.3 Å². The highest BCUT2D eigenvalue weighted by atomic mass is 35.5. The number of aromatic nitrogens is 1. The summed E-state index contributed by atoms with van der Waals surface area (Å²) in [6.07, 6.45) is 1.47. The van der Waals surface area contributed by atoms with Gasteiger partial charge < -0.3 is 14.7 Å². The molecular formula is C7H5ClN2O2. The molecular weight excluding hydrogens is 180 g/mol. The van der Waals surface area contributed by atoms with Gasteiger partial charge in [-0.25, -0.2) is 0 Å². The van der Waals surface area contributed by atoms with Crippen molar-refractivity contribution in [1.82, 2.24) is 5.16 Å². The molecule has 0 saturated heterocycles. The molecule has 0 radical (unpaired) electrons. The van der Waals surface area contributed by atoms with E-state index in [2.05, 4.69) is 5.16 Å². The number of hydrogen-bond acceptors (Lipinski definition) is 4. The second-order valence-electron chi connectivity index (χ2n) is 2.22. The summed E-state index contributed by atoms with van der Waals surface area (Å²) < 4.78 is 9.74. The standard InChI is InChI=1S/C7H5ClN2O2/c8-7-4(1-2-11-7)5-3-6(9)10-12-5/h1-3H,(H2,9,10). The van der Waals surface area contributed by atoms with Gasteiger partial charge in [0.1, 0.15) is 0 Å². The fourth-order valence-electron chi connectivity index (χ4n) is 0.886. The van der Waals surface area contributed by atoms with E-state index < -0.39 is 0 Å². The molecule has 2 aromatic rings. The molecule has 0 atom stereocenters. The van der Waals surface area contributed by atoms with Crippen molar-refractivity contribution in [3.8, 4) is 11.3 Å². The van der Waals surface area contributed by atoms with Gasteiger partial charge in [-0.2, -0.15) is 0 Å². The molecule has 0 amide bonds. The molecule has 2 aromatic heterocycles. The topological polar surface area (TPSA) is 65.2 Å². The fourth-order valence-corrected chi connectivity index (χ4v) is 1.09. The summed E-state index contributed by atoms with van der Waals surface area (Å²) in [5, 5.41) is 3.79. The molecule has 12 heavy (non-hydrogen) atoms. The number of nitrogen functional groups attached to an aromatic ring is 1. The number of anilines is 1. The number of halogens is 1. The van der Waals surface area contributed by atoms with Crippen molar-refractivity contribution in [3.63, 3.8) is 0 Å². The van der Waals surface area contributed by atoms with Gasteiger partial charge in [-0.15, -0.1) is 0 Å². The first kappa shape index (κ1) is 7.24. The average Bonchev–Trinajstić information content (AvgIpc) is 2.58. The van der Waals surface area contributed by atoms with Gasteiger partial charge in [-0.3, -0.25) is 0 Å². The lowest BCUT2D eigenvalue weighted by atomic mass is 10.3. The van der Waals surface area contributed by atoms with Crippen LogP contribution in [0.3, 0.4) is 0 Å². The van der Waals surface area contributed by atoms with Crippen molar-refractivity contribution in [2.75, 3.05) is 5.73 Å². The zero-order valence-corrected chi connectivity index (χ0v) is 6.71. The van der Waals surface area contributed by atoms with E-state index in [4.69, 9.17) is 26.3 Å². The smallest absolute Gasteiger partial charge is 0.204 e. The summed E-state index contributed by atoms with van der Waals surface area (Å²) in [5.74, 6) is 0.827. The quantitative estimate of drug-likeness (QED) is 0.738. The van der Waals surface area contributed by atoms with E-state index in [1.54, 1.807) is 12.1 Å². The van der Waals surface area contributed by atoms with Crippen molar-refractivity contribution < 1.29 is 8.94 Å². The summed E-state index contributed by atoms with van der Waals surface area (Å²) in [5.41, 5.74) is 6.01. The minimum atomic E-state index is 0.270. The fraction of sp³-hybridized carbons (Fsp3) is 0. The average molecular weight is 185 g/mol. The highest BCUT2D eigenvalue weighted by Crippen LogP contribution is 2.29. The molecule has 0 fully saturated rings. The second-order valence-corrected chi connectivity index (χ2v) is 2.57. The van der Waals surface area contributed by atoms with Crippen LogP contribution in [0.4, 0.5) is 5.82 Å². The monoisotopic (exact) mass is 184 g/mol. The molecule has 2 N–H and O–H groups in total. The van der Waals surface area contributed by atoms with E-state index in [1.165, 1.54) is 6.26 Å². The van der Waals surface area contributed by atoms with E-state index in [-0.39, 0.29) is 5.22 Å². The zero-order chi connectivity index (χ0) is 8.55. The first-order valence-corrected chi connectivity index (χ1v) is 3.61. The Morgan fingerprint density at radius 1 is 1.50 bits per heavy atom. The normalized spacial score (nSPS) is 10.4. The Morgan fingerprint density at radius 2 is 2.33 bits per heavy atom. The summed E-state index contributed by atoms with van der Waals surface area (Å²) in [6.45, 7) is 0. The first-order valence-electron chi connectivity index (χ1n) is 3.23. The summed E-state index contributed by atoms with van der Waals surface area (Å²) >= 11 is 5.69. The maximum Gasteiger partial charge on any atom is 0.204 e. The van der Waals surface area contributed by atoms with Crippen LogP contribution < -0.4 is 5.73 Å².